The van der Waals surface area contributed by atoms with Crippen LogP contribution in [0.5, 0.6) is 0 Å². The summed E-state index contributed by atoms with van der Waals surface area (Å²) in [6, 6.07) is 0.185. The second-order valence-corrected chi connectivity index (χ2v) is 4.33. The quantitative estimate of drug-likeness (QED) is 0.631. The second kappa shape index (κ2) is 9.19. The maximum atomic E-state index is 11.8. The Kier molecular flexibility index (Phi) is 8.79. The maximum absolute atomic E-state index is 11.8. The van der Waals surface area contributed by atoms with Crippen LogP contribution in [-0.2, 0) is 4.79 Å². The van der Waals surface area contributed by atoms with E-state index in [-0.39, 0.29) is 24.9 Å². The minimum atomic E-state index is -4.08. The summed E-state index contributed by atoms with van der Waals surface area (Å²) in [5.41, 5.74) is 0. The predicted molar refractivity (Wildman–Crippen MR) is 65.3 cm³/mol. The average Bonchev–Trinajstić information content (AvgIpc) is 2.29. The number of amides is 1. The third-order valence-electron chi connectivity index (χ3n) is 2.70. The van der Waals surface area contributed by atoms with Crippen LogP contribution in [0.25, 0.3) is 0 Å². The smallest absolute Gasteiger partial charge is 0.352 e. The number of nitrogens with one attached hydrogen (secondary N) is 2. The first-order chi connectivity index (χ1) is 8.39. The largest absolute Gasteiger partial charge is 0.389 e. The van der Waals surface area contributed by atoms with Crippen LogP contribution in [-0.4, -0.2) is 31.2 Å². The summed E-state index contributed by atoms with van der Waals surface area (Å²) >= 11 is 0. The number of alkyl halides is 3. The monoisotopic (exact) mass is 268 g/mol. The van der Waals surface area contributed by atoms with Crippen molar-refractivity contribution in [3.63, 3.8) is 0 Å². The molecule has 0 aromatic carbocycles. The highest BCUT2D eigenvalue weighted by Gasteiger charge is 2.25. The number of carbonyl (C=O) groups excluding carboxylic acids is 1. The van der Waals surface area contributed by atoms with E-state index in [1.165, 1.54) is 0 Å². The minimum absolute atomic E-state index is 0.0977. The zero-order valence-corrected chi connectivity index (χ0v) is 11.1. The Balaban J connectivity index is 3.46. The van der Waals surface area contributed by atoms with Crippen LogP contribution in [0.1, 0.15) is 46.0 Å². The summed E-state index contributed by atoms with van der Waals surface area (Å²) in [5.74, 6) is -0.0977. The van der Waals surface area contributed by atoms with Crippen molar-refractivity contribution < 1.29 is 18.0 Å². The maximum Gasteiger partial charge on any atom is 0.389 e. The van der Waals surface area contributed by atoms with Crippen molar-refractivity contribution in [2.75, 3.05) is 13.1 Å². The molecule has 0 atom stereocenters. The first-order valence-corrected chi connectivity index (χ1v) is 6.45. The van der Waals surface area contributed by atoms with Crippen molar-refractivity contribution in [2.24, 2.45) is 0 Å². The summed E-state index contributed by atoms with van der Waals surface area (Å²) in [5, 5.41) is 5.70. The first-order valence-electron chi connectivity index (χ1n) is 6.45. The van der Waals surface area contributed by atoms with Crippen molar-refractivity contribution in [2.45, 2.75) is 58.2 Å². The third-order valence-corrected chi connectivity index (χ3v) is 2.70. The molecule has 0 radical (unpaired) electrons. The molecule has 0 bridgehead atoms. The molecule has 0 aliphatic carbocycles. The highest BCUT2D eigenvalue weighted by molar-refractivity contribution is 5.78. The molecular formula is C12H23F3N2O. The van der Waals surface area contributed by atoms with E-state index in [2.05, 4.69) is 10.6 Å². The van der Waals surface area contributed by atoms with Crippen LogP contribution in [0, 0.1) is 0 Å². The second-order valence-electron chi connectivity index (χ2n) is 4.33. The highest BCUT2D eigenvalue weighted by Crippen LogP contribution is 2.21. The molecule has 0 aromatic rings. The molecule has 3 nitrogen and oxygen atoms in total. The fourth-order valence-electron chi connectivity index (χ4n) is 1.55. The molecular weight excluding hydrogens is 245 g/mol. The van der Waals surface area contributed by atoms with E-state index in [4.69, 9.17) is 0 Å². The van der Waals surface area contributed by atoms with Gasteiger partial charge in [0.25, 0.3) is 0 Å². The van der Waals surface area contributed by atoms with Crippen LogP contribution >= 0.6 is 0 Å². The Labute approximate surface area is 107 Å². The SMILES string of the molecule is CCC(CC)NC(=O)CNCCCCC(F)(F)F. The molecule has 18 heavy (non-hydrogen) atoms. The number of halogens is 3. The molecule has 0 saturated carbocycles. The Morgan fingerprint density at radius 1 is 1.17 bits per heavy atom. The standard InChI is InChI=1S/C12H23F3N2O/c1-3-10(4-2)17-11(18)9-16-8-6-5-7-12(13,14)15/h10,16H,3-9H2,1-2H3,(H,17,18). The van der Waals surface area contributed by atoms with Crippen LogP contribution in [0.2, 0.25) is 0 Å². The molecule has 0 spiro atoms. The van der Waals surface area contributed by atoms with Gasteiger partial charge < -0.3 is 10.6 Å². The van der Waals surface area contributed by atoms with E-state index in [0.717, 1.165) is 12.8 Å². The normalized spacial score (nSPS) is 11.9. The number of rotatable bonds is 9. The van der Waals surface area contributed by atoms with E-state index in [1.807, 2.05) is 13.8 Å². The zero-order valence-electron chi connectivity index (χ0n) is 11.1. The Morgan fingerprint density at radius 2 is 1.78 bits per heavy atom. The lowest BCUT2D eigenvalue weighted by Gasteiger charge is -2.14. The molecule has 108 valence electrons. The molecule has 0 aromatic heterocycles. The van der Waals surface area contributed by atoms with E-state index < -0.39 is 12.6 Å². The molecule has 1 amide bonds. The van der Waals surface area contributed by atoms with Crippen molar-refractivity contribution in [3.05, 3.63) is 0 Å². The van der Waals surface area contributed by atoms with Crippen molar-refractivity contribution >= 4 is 5.91 Å². The number of unbranched alkanes of at least 4 members (excludes halogenated alkanes) is 1. The van der Waals surface area contributed by atoms with Gasteiger partial charge >= 0.3 is 6.18 Å². The third kappa shape index (κ3) is 10.4. The van der Waals surface area contributed by atoms with Gasteiger partial charge in [-0.1, -0.05) is 13.8 Å². The number of hydrogen-bond donors (Lipinski definition) is 2. The molecule has 0 aliphatic rings. The van der Waals surface area contributed by atoms with Gasteiger partial charge in [-0.25, -0.2) is 0 Å². The lowest BCUT2D eigenvalue weighted by Crippen LogP contribution is -2.40. The lowest BCUT2D eigenvalue weighted by molar-refractivity contribution is -0.135. The van der Waals surface area contributed by atoms with Crippen LogP contribution in [0.15, 0.2) is 0 Å². The van der Waals surface area contributed by atoms with Gasteiger partial charge in [-0.05, 0) is 32.2 Å². The average molecular weight is 268 g/mol. The van der Waals surface area contributed by atoms with Crippen molar-refractivity contribution in [1.29, 1.82) is 0 Å². The molecule has 0 rings (SSSR count). The van der Waals surface area contributed by atoms with E-state index in [1.54, 1.807) is 0 Å². The van der Waals surface area contributed by atoms with Gasteiger partial charge in [0.15, 0.2) is 0 Å². The van der Waals surface area contributed by atoms with Gasteiger partial charge in [0.2, 0.25) is 5.91 Å². The summed E-state index contributed by atoms with van der Waals surface area (Å²) in [4.78, 5) is 11.4. The van der Waals surface area contributed by atoms with E-state index in [0.29, 0.717) is 13.0 Å². The van der Waals surface area contributed by atoms with Gasteiger partial charge in [0.1, 0.15) is 0 Å². The molecule has 0 fully saturated rings. The van der Waals surface area contributed by atoms with Gasteiger partial charge in [0, 0.05) is 12.5 Å². The van der Waals surface area contributed by atoms with Crippen LogP contribution in [0.4, 0.5) is 13.2 Å². The predicted octanol–water partition coefficient (Wildman–Crippen LogP) is 2.61. The number of hydrogen-bond acceptors (Lipinski definition) is 2. The van der Waals surface area contributed by atoms with E-state index >= 15 is 0 Å². The summed E-state index contributed by atoms with van der Waals surface area (Å²) in [6.45, 7) is 4.60. The minimum Gasteiger partial charge on any atom is -0.352 e. The molecule has 0 saturated heterocycles. The van der Waals surface area contributed by atoms with Gasteiger partial charge in [-0.15, -0.1) is 0 Å². The van der Waals surface area contributed by atoms with Gasteiger partial charge in [-0.3, -0.25) is 4.79 Å². The lowest BCUT2D eigenvalue weighted by atomic mass is 10.2. The summed E-state index contributed by atoms with van der Waals surface area (Å²) in [7, 11) is 0. The Hall–Kier alpha value is -0.780. The topological polar surface area (TPSA) is 41.1 Å². The highest BCUT2D eigenvalue weighted by atomic mass is 19.4. The molecule has 2 N–H and O–H groups in total. The fourth-order valence-corrected chi connectivity index (χ4v) is 1.55. The Morgan fingerprint density at radius 3 is 2.28 bits per heavy atom. The Bertz CT molecular complexity index is 228. The summed E-state index contributed by atoms with van der Waals surface area (Å²) < 4.78 is 35.5. The van der Waals surface area contributed by atoms with E-state index in [9.17, 15) is 18.0 Å². The van der Waals surface area contributed by atoms with Gasteiger partial charge in [-0.2, -0.15) is 13.2 Å². The van der Waals surface area contributed by atoms with Crippen molar-refractivity contribution in [3.8, 4) is 0 Å². The molecule has 0 aliphatic heterocycles. The fraction of sp³-hybridized carbons (Fsp3) is 0.917. The number of carbonyl (C=O) groups is 1. The van der Waals surface area contributed by atoms with Crippen LogP contribution < -0.4 is 10.6 Å². The van der Waals surface area contributed by atoms with Crippen molar-refractivity contribution in [1.82, 2.24) is 10.6 Å². The zero-order chi connectivity index (χ0) is 14.0. The first kappa shape index (κ1) is 17.2. The summed E-state index contributed by atoms with van der Waals surface area (Å²) in [6.07, 6.45) is -2.54. The molecule has 0 unspecified atom stereocenters. The molecule has 0 heterocycles. The molecule has 6 heteroatoms. The van der Waals surface area contributed by atoms with Crippen LogP contribution in [0.3, 0.4) is 0 Å². The van der Waals surface area contributed by atoms with Gasteiger partial charge in [0.05, 0.1) is 6.54 Å².